The first-order valence-electron chi connectivity index (χ1n) is 9.51. The standard InChI is InChI=1S/C21H18N4O2S3/c1-4-24-19(27)17-11(2)12(3)29-18(17)23-20(24)28-10-13-9-16(26)25-14-7-5-6-8-15(14)30-21(25)22-13/h5-9H,4,10H2,1-3H3. The van der Waals surface area contributed by atoms with Crippen LogP contribution in [-0.4, -0.2) is 18.9 Å². The summed E-state index contributed by atoms with van der Waals surface area (Å²) < 4.78 is 4.39. The Morgan fingerprint density at radius 1 is 1.10 bits per heavy atom. The van der Waals surface area contributed by atoms with Gasteiger partial charge in [0.05, 0.1) is 21.3 Å². The molecule has 0 atom stereocenters. The molecule has 4 aromatic heterocycles. The number of fused-ring (bicyclic) bond motifs is 4. The quantitative estimate of drug-likeness (QED) is 0.293. The minimum Gasteiger partial charge on any atom is -0.287 e. The van der Waals surface area contributed by atoms with E-state index in [2.05, 4.69) is 0 Å². The van der Waals surface area contributed by atoms with Gasteiger partial charge in [-0.05, 0) is 38.5 Å². The average Bonchev–Trinajstić information content (AvgIpc) is 3.23. The van der Waals surface area contributed by atoms with Crippen LogP contribution >= 0.6 is 34.4 Å². The van der Waals surface area contributed by atoms with Crippen LogP contribution in [-0.2, 0) is 12.3 Å². The molecule has 4 heterocycles. The van der Waals surface area contributed by atoms with Crippen LogP contribution in [0, 0.1) is 13.8 Å². The normalized spacial score (nSPS) is 11.8. The maximum atomic E-state index is 13.0. The van der Waals surface area contributed by atoms with E-state index in [9.17, 15) is 9.59 Å². The molecule has 152 valence electrons. The topological polar surface area (TPSA) is 69.3 Å². The van der Waals surface area contributed by atoms with Gasteiger partial charge in [0.15, 0.2) is 10.1 Å². The SMILES string of the molecule is CCn1c(SCc2cc(=O)n3c(n2)sc2ccccc23)nc2sc(C)c(C)c2c1=O. The van der Waals surface area contributed by atoms with E-state index in [4.69, 9.17) is 9.97 Å². The second kappa shape index (κ2) is 7.33. The molecule has 0 unspecified atom stereocenters. The fourth-order valence-electron chi connectivity index (χ4n) is 3.53. The number of aromatic nitrogens is 4. The van der Waals surface area contributed by atoms with E-state index in [-0.39, 0.29) is 11.1 Å². The van der Waals surface area contributed by atoms with Crippen LogP contribution in [0.5, 0.6) is 0 Å². The number of nitrogens with zero attached hydrogens (tertiary/aromatic N) is 4. The van der Waals surface area contributed by atoms with Gasteiger partial charge in [0, 0.05) is 23.2 Å². The van der Waals surface area contributed by atoms with Gasteiger partial charge in [-0.3, -0.25) is 18.6 Å². The summed E-state index contributed by atoms with van der Waals surface area (Å²) in [5.41, 5.74) is 2.49. The van der Waals surface area contributed by atoms with Crippen molar-refractivity contribution >= 4 is 59.8 Å². The number of aryl methyl sites for hydroxylation is 2. The van der Waals surface area contributed by atoms with E-state index in [1.54, 1.807) is 26.4 Å². The molecule has 0 amide bonds. The lowest BCUT2D eigenvalue weighted by atomic mass is 10.2. The van der Waals surface area contributed by atoms with Crippen LogP contribution in [0.4, 0.5) is 0 Å². The lowest BCUT2D eigenvalue weighted by Gasteiger charge is -2.09. The van der Waals surface area contributed by atoms with E-state index in [1.807, 2.05) is 45.0 Å². The molecule has 0 fully saturated rings. The van der Waals surface area contributed by atoms with Crippen LogP contribution in [0.1, 0.15) is 23.1 Å². The molecule has 1 aromatic carbocycles. The summed E-state index contributed by atoms with van der Waals surface area (Å²) in [6.07, 6.45) is 0. The number of para-hydroxylation sites is 1. The van der Waals surface area contributed by atoms with Gasteiger partial charge in [0.1, 0.15) is 4.83 Å². The smallest absolute Gasteiger partial charge is 0.263 e. The van der Waals surface area contributed by atoms with Gasteiger partial charge >= 0.3 is 0 Å². The highest BCUT2D eigenvalue weighted by molar-refractivity contribution is 7.98. The molecule has 0 aliphatic heterocycles. The Balaban J connectivity index is 1.55. The molecule has 30 heavy (non-hydrogen) atoms. The van der Waals surface area contributed by atoms with Gasteiger partial charge in [-0.1, -0.05) is 35.2 Å². The highest BCUT2D eigenvalue weighted by Gasteiger charge is 2.17. The van der Waals surface area contributed by atoms with Crippen molar-refractivity contribution in [3.05, 3.63) is 67.2 Å². The average molecular weight is 455 g/mol. The van der Waals surface area contributed by atoms with Gasteiger partial charge in [0.25, 0.3) is 11.1 Å². The number of rotatable bonds is 4. The first kappa shape index (κ1) is 19.5. The van der Waals surface area contributed by atoms with Gasteiger partial charge in [0.2, 0.25) is 0 Å². The Labute approximate surface area is 183 Å². The molecule has 6 nitrogen and oxygen atoms in total. The Bertz CT molecular complexity index is 1560. The molecule has 5 rings (SSSR count). The molecule has 0 saturated carbocycles. The highest BCUT2D eigenvalue weighted by Crippen LogP contribution is 2.29. The van der Waals surface area contributed by atoms with E-state index in [1.165, 1.54) is 23.1 Å². The van der Waals surface area contributed by atoms with Crippen LogP contribution in [0.15, 0.2) is 45.1 Å². The Hall–Kier alpha value is -2.49. The molecule has 0 spiro atoms. The molecular weight excluding hydrogens is 436 g/mol. The van der Waals surface area contributed by atoms with Crippen molar-refractivity contribution in [1.82, 2.24) is 18.9 Å². The monoisotopic (exact) mass is 454 g/mol. The molecule has 0 saturated heterocycles. The Morgan fingerprint density at radius 3 is 2.70 bits per heavy atom. The second-order valence-electron chi connectivity index (χ2n) is 6.97. The third-order valence-corrected chi connectivity index (χ3v) is 8.30. The molecular formula is C21H18N4O2S3. The number of hydrogen-bond donors (Lipinski definition) is 0. The third-order valence-electron chi connectivity index (χ3n) is 5.17. The maximum absolute atomic E-state index is 13.0. The largest absolute Gasteiger partial charge is 0.287 e. The number of thioether (sulfide) groups is 1. The lowest BCUT2D eigenvalue weighted by molar-refractivity contribution is 0.635. The van der Waals surface area contributed by atoms with E-state index in [0.29, 0.717) is 33.5 Å². The number of thiazole rings is 1. The van der Waals surface area contributed by atoms with Crippen molar-refractivity contribution in [3.8, 4) is 0 Å². The predicted molar refractivity (Wildman–Crippen MR) is 125 cm³/mol. The summed E-state index contributed by atoms with van der Waals surface area (Å²) in [4.78, 5) is 37.8. The van der Waals surface area contributed by atoms with Gasteiger partial charge < -0.3 is 0 Å². The zero-order chi connectivity index (χ0) is 21.0. The van der Waals surface area contributed by atoms with Crippen molar-refractivity contribution in [3.63, 3.8) is 0 Å². The van der Waals surface area contributed by atoms with E-state index < -0.39 is 0 Å². The fourth-order valence-corrected chi connectivity index (χ4v) is 6.61. The van der Waals surface area contributed by atoms with Crippen molar-refractivity contribution in [1.29, 1.82) is 0 Å². The zero-order valence-electron chi connectivity index (χ0n) is 16.6. The van der Waals surface area contributed by atoms with Crippen molar-refractivity contribution in [2.45, 2.75) is 38.2 Å². The first-order valence-corrected chi connectivity index (χ1v) is 12.1. The Morgan fingerprint density at radius 2 is 1.90 bits per heavy atom. The van der Waals surface area contributed by atoms with Crippen LogP contribution in [0.25, 0.3) is 25.4 Å². The van der Waals surface area contributed by atoms with E-state index in [0.717, 1.165) is 25.5 Å². The molecule has 5 aromatic rings. The number of thiophene rings is 1. The maximum Gasteiger partial charge on any atom is 0.263 e. The van der Waals surface area contributed by atoms with Crippen LogP contribution < -0.4 is 11.1 Å². The van der Waals surface area contributed by atoms with Gasteiger partial charge in [-0.2, -0.15) is 0 Å². The molecule has 0 aliphatic rings. The van der Waals surface area contributed by atoms with Gasteiger partial charge in [-0.15, -0.1) is 11.3 Å². The Kier molecular flexibility index (Phi) is 4.76. The van der Waals surface area contributed by atoms with Crippen molar-refractivity contribution < 1.29 is 0 Å². The number of benzene rings is 1. The minimum atomic E-state index is -0.0890. The number of hydrogen-bond acceptors (Lipinski definition) is 7. The lowest BCUT2D eigenvalue weighted by Crippen LogP contribution is -2.22. The van der Waals surface area contributed by atoms with E-state index >= 15 is 0 Å². The minimum absolute atomic E-state index is 0.000151. The molecule has 0 radical (unpaired) electrons. The predicted octanol–water partition coefficient (Wildman–Crippen LogP) is 4.61. The summed E-state index contributed by atoms with van der Waals surface area (Å²) in [7, 11) is 0. The third kappa shape index (κ3) is 3.00. The molecule has 0 N–H and O–H groups in total. The van der Waals surface area contributed by atoms with Crippen molar-refractivity contribution in [2.24, 2.45) is 0 Å². The van der Waals surface area contributed by atoms with Crippen LogP contribution in [0.3, 0.4) is 0 Å². The fraction of sp³-hybridized carbons (Fsp3) is 0.238. The molecule has 0 aliphatic carbocycles. The summed E-state index contributed by atoms with van der Waals surface area (Å²) >= 11 is 4.50. The van der Waals surface area contributed by atoms with Gasteiger partial charge in [-0.25, -0.2) is 9.97 Å². The summed E-state index contributed by atoms with van der Waals surface area (Å²) in [5, 5.41) is 1.38. The summed E-state index contributed by atoms with van der Waals surface area (Å²) in [5.74, 6) is 0.473. The highest BCUT2D eigenvalue weighted by atomic mass is 32.2. The summed E-state index contributed by atoms with van der Waals surface area (Å²) in [6.45, 7) is 6.48. The second-order valence-corrected chi connectivity index (χ2v) is 10.1. The molecule has 0 bridgehead atoms. The van der Waals surface area contributed by atoms with Crippen LogP contribution in [0.2, 0.25) is 0 Å². The molecule has 9 heteroatoms. The zero-order valence-corrected chi connectivity index (χ0v) is 19.1. The van der Waals surface area contributed by atoms with Crippen molar-refractivity contribution in [2.75, 3.05) is 0 Å². The first-order chi connectivity index (χ1) is 14.5. The summed E-state index contributed by atoms with van der Waals surface area (Å²) in [6, 6.07) is 9.38.